The lowest BCUT2D eigenvalue weighted by Gasteiger charge is -2.10. The van der Waals surface area contributed by atoms with Crippen LogP contribution in [0.15, 0.2) is 59.7 Å². The standard InChI is InChI=1S/C18H10ClN3O/c19-12-4-1-3-11(9-12)13-5-2-6-14-16(13)22-8-7-21-18(22)15(10-20)17(14)23/h1-9,21H. The van der Waals surface area contributed by atoms with E-state index in [1.54, 1.807) is 12.3 Å². The molecule has 5 heteroatoms. The number of hydrogen-bond acceptors (Lipinski definition) is 2. The van der Waals surface area contributed by atoms with Gasteiger partial charge in [-0.05, 0) is 23.8 Å². The maximum Gasteiger partial charge on any atom is 0.209 e. The normalized spacial score (nSPS) is 11.0. The topological polar surface area (TPSA) is 61.1 Å². The van der Waals surface area contributed by atoms with Crippen molar-refractivity contribution in [2.24, 2.45) is 0 Å². The molecule has 0 spiro atoms. The zero-order chi connectivity index (χ0) is 16.0. The first-order valence-corrected chi connectivity index (χ1v) is 7.39. The van der Waals surface area contributed by atoms with Crippen LogP contribution in [0.5, 0.6) is 0 Å². The van der Waals surface area contributed by atoms with Gasteiger partial charge in [-0.1, -0.05) is 35.9 Å². The number of para-hydroxylation sites is 1. The van der Waals surface area contributed by atoms with E-state index in [9.17, 15) is 10.1 Å². The lowest BCUT2D eigenvalue weighted by molar-refractivity contribution is 1.23. The fraction of sp³-hybridized carbons (Fsp3) is 0. The number of aromatic amines is 1. The summed E-state index contributed by atoms with van der Waals surface area (Å²) in [6.07, 6.45) is 3.52. The SMILES string of the molecule is N#Cc1c(=O)c2cccc(-c3cccc(Cl)c3)c2n2cc[nH]c12. The molecule has 0 unspecified atom stereocenters. The molecule has 0 aliphatic heterocycles. The molecule has 110 valence electrons. The van der Waals surface area contributed by atoms with Gasteiger partial charge in [0.2, 0.25) is 5.43 Å². The number of fused-ring (bicyclic) bond motifs is 3. The van der Waals surface area contributed by atoms with Crippen molar-refractivity contribution >= 4 is 28.2 Å². The van der Waals surface area contributed by atoms with Crippen LogP contribution in [0.3, 0.4) is 0 Å². The number of imidazole rings is 1. The lowest BCUT2D eigenvalue weighted by atomic mass is 10.0. The zero-order valence-electron chi connectivity index (χ0n) is 11.9. The molecular weight excluding hydrogens is 310 g/mol. The summed E-state index contributed by atoms with van der Waals surface area (Å²) in [5.41, 5.74) is 2.91. The van der Waals surface area contributed by atoms with E-state index >= 15 is 0 Å². The number of pyridine rings is 1. The molecule has 0 atom stereocenters. The van der Waals surface area contributed by atoms with Gasteiger partial charge in [0, 0.05) is 28.4 Å². The van der Waals surface area contributed by atoms with Gasteiger partial charge in [-0.15, -0.1) is 0 Å². The number of benzene rings is 2. The number of rotatable bonds is 1. The number of hydrogen-bond donors (Lipinski definition) is 1. The van der Waals surface area contributed by atoms with Gasteiger partial charge in [0.25, 0.3) is 0 Å². The van der Waals surface area contributed by atoms with E-state index in [0.717, 1.165) is 16.6 Å². The monoisotopic (exact) mass is 319 g/mol. The Bertz CT molecular complexity index is 1160. The predicted octanol–water partition coefficient (Wildman–Crippen LogP) is 3.97. The Balaban J connectivity index is 2.25. The minimum atomic E-state index is -0.270. The van der Waals surface area contributed by atoms with Crippen molar-refractivity contribution in [1.82, 2.24) is 9.38 Å². The molecule has 0 saturated carbocycles. The molecule has 0 amide bonds. The van der Waals surface area contributed by atoms with Crippen molar-refractivity contribution in [2.75, 3.05) is 0 Å². The summed E-state index contributed by atoms with van der Waals surface area (Å²) in [6.45, 7) is 0. The molecule has 2 aromatic heterocycles. The van der Waals surface area contributed by atoms with E-state index in [0.29, 0.717) is 16.1 Å². The largest absolute Gasteiger partial charge is 0.345 e. The van der Waals surface area contributed by atoms with Gasteiger partial charge in [0.1, 0.15) is 17.3 Å². The van der Waals surface area contributed by atoms with E-state index < -0.39 is 0 Å². The van der Waals surface area contributed by atoms with Crippen molar-refractivity contribution in [3.05, 3.63) is 75.7 Å². The molecule has 1 N–H and O–H groups in total. The molecule has 0 radical (unpaired) electrons. The molecule has 4 rings (SSSR count). The smallest absolute Gasteiger partial charge is 0.209 e. The number of nitriles is 1. The molecule has 4 aromatic rings. The van der Waals surface area contributed by atoms with Crippen LogP contribution in [0.2, 0.25) is 5.02 Å². The maximum atomic E-state index is 12.6. The van der Waals surface area contributed by atoms with Crippen LogP contribution in [0.4, 0.5) is 0 Å². The van der Waals surface area contributed by atoms with Crippen molar-refractivity contribution < 1.29 is 0 Å². The second-order valence-corrected chi connectivity index (χ2v) is 5.64. The van der Waals surface area contributed by atoms with E-state index in [2.05, 4.69) is 4.98 Å². The highest BCUT2D eigenvalue weighted by Crippen LogP contribution is 2.30. The quantitative estimate of drug-likeness (QED) is 0.577. The van der Waals surface area contributed by atoms with Crippen LogP contribution in [-0.2, 0) is 0 Å². The van der Waals surface area contributed by atoms with Crippen molar-refractivity contribution in [3.63, 3.8) is 0 Å². The fourth-order valence-corrected chi connectivity index (χ4v) is 3.13. The van der Waals surface area contributed by atoms with Crippen LogP contribution < -0.4 is 5.43 Å². The molecule has 0 fully saturated rings. The Morgan fingerprint density at radius 3 is 2.78 bits per heavy atom. The van der Waals surface area contributed by atoms with Crippen LogP contribution in [0.1, 0.15) is 5.56 Å². The fourth-order valence-electron chi connectivity index (χ4n) is 2.93. The van der Waals surface area contributed by atoms with Crippen LogP contribution in [-0.4, -0.2) is 9.38 Å². The molecule has 4 nitrogen and oxygen atoms in total. The van der Waals surface area contributed by atoms with E-state index in [-0.39, 0.29) is 11.0 Å². The second-order valence-electron chi connectivity index (χ2n) is 5.21. The van der Waals surface area contributed by atoms with E-state index in [1.807, 2.05) is 53.1 Å². The van der Waals surface area contributed by atoms with Crippen LogP contribution >= 0.6 is 11.6 Å². The Morgan fingerprint density at radius 2 is 2.00 bits per heavy atom. The van der Waals surface area contributed by atoms with Crippen molar-refractivity contribution in [1.29, 1.82) is 5.26 Å². The molecular formula is C18H10ClN3O. The summed E-state index contributed by atoms with van der Waals surface area (Å²) >= 11 is 6.10. The number of nitrogens with one attached hydrogen (secondary N) is 1. The summed E-state index contributed by atoms with van der Waals surface area (Å²) in [4.78, 5) is 15.6. The first-order chi connectivity index (χ1) is 11.2. The Morgan fingerprint density at radius 1 is 1.17 bits per heavy atom. The molecule has 0 bridgehead atoms. The molecule has 0 aliphatic carbocycles. The van der Waals surface area contributed by atoms with Gasteiger partial charge < -0.3 is 4.98 Å². The summed E-state index contributed by atoms with van der Waals surface area (Å²) in [7, 11) is 0. The predicted molar refractivity (Wildman–Crippen MR) is 90.7 cm³/mol. The maximum absolute atomic E-state index is 12.6. The average molecular weight is 320 g/mol. The number of aromatic nitrogens is 2. The van der Waals surface area contributed by atoms with Gasteiger partial charge in [0.05, 0.1) is 5.52 Å². The highest BCUT2D eigenvalue weighted by molar-refractivity contribution is 6.30. The van der Waals surface area contributed by atoms with E-state index in [4.69, 9.17) is 11.6 Å². The highest BCUT2D eigenvalue weighted by atomic mass is 35.5. The Hall–Kier alpha value is -3.03. The summed E-state index contributed by atoms with van der Waals surface area (Å²) in [6, 6.07) is 15.0. The number of nitrogens with zero attached hydrogens (tertiary/aromatic N) is 2. The van der Waals surface area contributed by atoms with Gasteiger partial charge in [0.15, 0.2) is 0 Å². The molecule has 2 aromatic carbocycles. The minimum absolute atomic E-state index is 0.116. The minimum Gasteiger partial charge on any atom is -0.345 e. The second kappa shape index (κ2) is 5.01. The first kappa shape index (κ1) is 13.6. The van der Waals surface area contributed by atoms with Crippen molar-refractivity contribution in [2.45, 2.75) is 0 Å². The zero-order valence-corrected chi connectivity index (χ0v) is 12.6. The van der Waals surface area contributed by atoms with Gasteiger partial charge in [-0.2, -0.15) is 5.26 Å². The molecule has 23 heavy (non-hydrogen) atoms. The number of halogens is 1. The van der Waals surface area contributed by atoms with Crippen molar-refractivity contribution in [3.8, 4) is 17.2 Å². The molecule has 0 aliphatic rings. The Kier molecular flexibility index (Phi) is 2.97. The lowest BCUT2D eigenvalue weighted by Crippen LogP contribution is -2.11. The summed E-state index contributed by atoms with van der Waals surface area (Å²) < 4.78 is 1.84. The summed E-state index contributed by atoms with van der Waals surface area (Å²) in [5, 5.41) is 10.5. The first-order valence-electron chi connectivity index (χ1n) is 7.01. The third kappa shape index (κ3) is 1.95. The summed E-state index contributed by atoms with van der Waals surface area (Å²) in [5.74, 6) is 0. The van der Waals surface area contributed by atoms with Gasteiger partial charge in [-0.3, -0.25) is 9.20 Å². The third-order valence-corrected chi connectivity index (χ3v) is 4.15. The van der Waals surface area contributed by atoms with Crippen LogP contribution in [0.25, 0.3) is 27.7 Å². The van der Waals surface area contributed by atoms with Crippen LogP contribution in [0, 0.1) is 11.3 Å². The Labute approximate surface area is 136 Å². The number of H-pyrrole nitrogens is 1. The van der Waals surface area contributed by atoms with E-state index in [1.165, 1.54) is 0 Å². The molecule has 0 saturated heterocycles. The highest BCUT2D eigenvalue weighted by Gasteiger charge is 2.15. The third-order valence-electron chi connectivity index (χ3n) is 3.92. The van der Waals surface area contributed by atoms with Gasteiger partial charge in [-0.25, -0.2) is 0 Å². The van der Waals surface area contributed by atoms with Gasteiger partial charge >= 0.3 is 0 Å². The average Bonchev–Trinajstić information content (AvgIpc) is 3.04. The molecule has 2 heterocycles.